The molecule has 0 bridgehead atoms. The van der Waals surface area contributed by atoms with Gasteiger partial charge in [0.25, 0.3) is 0 Å². The van der Waals surface area contributed by atoms with Gasteiger partial charge < -0.3 is 5.32 Å². The summed E-state index contributed by atoms with van der Waals surface area (Å²) in [5.41, 5.74) is 1.84. The van der Waals surface area contributed by atoms with E-state index in [2.05, 4.69) is 11.2 Å². The Labute approximate surface area is 97.2 Å². The summed E-state index contributed by atoms with van der Waals surface area (Å²) < 4.78 is -0.424. The molecule has 72 valence electrons. The fourth-order valence-corrected chi connectivity index (χ4v) is 1.14. The van der Waals surface area contributed by atoms with Gasteiger partial charge in [0.05, 0.1) is 0 Å². The maximum absolute atomic E-state index is 11.4. The third-order valence-corrected chi connectivity index (χ3v) is 2.70. The van der Waals surface area contributed by atoms with Gasteiger partial charge in [-0.25, -0.2) is 0 Å². The Hall–Kier alpha value is -1.02. The van der Waals surface area contributed by atoms with Gasteiger partial charge in [-0.1, -0.05) is 46.7 Å². The second-order valence-electron chi connectivity index (χ2n) is 2.83. The van der Waals surface area contributed by atoms with Crippen LogP contribution in [0.15, 0.2) is 24.3 Å². The van der Waals surface area contributed by atoms with E-state index in [-0.39, 0.29) is 5.91 Å². The van der Waals surface area contributed by atoms with Crippen molar-refractivity contribution in [2.75, 3.05) is 5.32 Å². The molecule has 0 spiro atoms. The van der Waals surface area contributed by atoms with Crippen LogP contribution in [-0.2, 0) is 4.79 Å². The minimum absolute atomic E-state index is 0.151. The fraction of sp³-hybridized carbons (Fsp3) is 0.182. The second-order valence-corrected chi connectivity index (χ2v) is 4.08. The lowest BCUT2D eigenvalue weighted by Crippen LogP contribution is -2.21. The lowest BCUT2D eigenvalue weighted by atomic mass is 10.2. The van der Waals surface area contributed by atoms with E-state index < -0.39 is 3.92 Å². The van der Waals surface area contributed by atoms with Gasteiger partial charge in [0.2, 0.25) is 5.91 Å². The molecule has 1 rings (SSSR count). The van der Waals surface area contributed by atoms with Crippen LogP contribution >= 0.6 is 22.6 Å². The summed E-state index contributed by atoms with van der Waals surface area (Å²) in [6.07, 6.45) is 5.15. The van der Waals surface area contributed by atoms with Crippen molar-refractivity contribution in [2.45, 2.75) is 10.8 Å². The first-order chi connectivity index (χ1) is 6.65. The van der Waals surface area contributed by atoms with Crippen molar-refractivity contribution in [1.29, 1.82) is 0 Å². The van der Waals surface area contributed by atoms with E-state index in [1.807, 2.05) is 53.8 Å². The molecule has 0 aliphatic rings. The molecule has 3 heteroatoms. The molecule has 1 aromatic rings. The lowest BCUT2D eigenvalue weighted by Gasteiger charge is -2.08. The summed E-state index contributed by atoms with van der Waals surface area (Å²) in [5, 5.41) is 2.77. The molecule has 0 saturated heterocycles. The molecule has 0 heterocycles. The summed E-state index contributed by atoms with van der Waals surface area (Å²) in [6.45, 7) is 1.94. The molecule has 1 atom stereocenters. The Kier molecular flexibility index (Phi) is 3.96. The fourth-order valence-electron chi connectivity index (χ4n) is 0.985. The Morgan fingerprint density at radius 1 is 1.57 bits per heavy atom. The van der Waals surface area contributed by atoms with Gasteiger partial charge in [-0.15, -0.1) is 6.42 Å². The van der Waals surface area contributed by atoms with Gasteiger partial charge in [0, 0.05) is 5.69 Å². The zero-order valence-electron chi connectivity index (χ0n) is 7.75. The molecule has 2 nitrogen and oxygen atoms in total. The van der Waals surface area contributed by atoms with E-state index in [0.717, 1.165) is 11.3 Å². The highest BCUT2D eigenvalue weighted by Crippen LogP contribution is 2.14. The Balaban J connectivity index is 2.76. The van der Waals surface area contributed by atoms with Crippen LogP contribution in [0.2, 0.25) is 0 Å². The van der Waals surface area contributed by atoms with E-state index in [1.54, 1.807) is 0 Å². The van der Waals surface area contributed by atoms with Gasteiger partial charge in [0.15, 0.2) is 3.92 Å². The highest BCUT2D eigenvalue weighted by Gasteiger charge is 2.11. The number of aryl methyl sites for hydroxylation is 1. The highest BCUT2D eigenvalue weighted by molar-refractivity contribution is 14.1. The number of benzene rings is 1. The van der Waals surface area contributed by atoms with Crippen LogP contribution in [-0.4, -0.2) is 9.83 Å². The number of anilines is 1. The standard InChI is InChI=1S/C11H10INO/c1-3-9(12)11(14)13-10-7-5-4-6-8(10)2/h1,4-7,9H,2H3,(H,13,14). The number of halogens is 1. The minimum atomic E-state index is -0.424. The predicted molar refractivity (Wildman–Crippen MR) is 66.4 cm³/mol. The number of para-hydroxylation sites is 1. The van der Waals surface area contributed by atoms with Crippen LogP contribution in [0.3, 0.4) is 0 Å². The molecule has 0 fully saturated rings. The SMILES string of the molecule is C#CC(I)C(=O)Nc1ccccc1C. The molecule has 0 radical (unpaired) electrons. The molecule has 1 unspecified atom stereocenters. The largest absolute Gasteiger partial charge is 0.324 e. The number of alkyl halides is 1. The summed E-state index contributed by atoms with van der Waals surface area (Å²) >= 11 is 1.92. The number of nitrogens with one attached hydrogen (secondary N) is 1. The van der Waals surface area contributed by atoms with Crippen LogP contribution < -0.4 is 5.32 Å². The molecular formula is C11H10INO. The van der Waals surface area contributed by atoms with Crippen molar-refractivity contribution >= 4 is 34.2 Å². The topological polar surface area (TPSA) is 29.1 Å². The lowest BCUT2D eigenvalue weighted by molar-refractivity contribution is -0.114. The quantitative estimate of drug-likeness (QED) is 0.507. The summed E-state index contributed by atoms with van der Waals surface area (Å²) in [6, 6.07) is 7.59. The van der Waals surface area contributed by atoms with Gasteiger partial charge >= 0.3 is 0 Å². The zero-order valence-corrected chi connectivity index (χ0v) is 9.91. The number of carbonyl (C=O) groups is 1. The van der Waals surface area contributed by atoms with Crippen molar-refractivity contribution < 1.29 is 4.79 Å². The number of carbonyl (C=O) groups excluding carboxylic acids is 1. The zero-order chi connectivity index (χ0) is 10.6. The number of terminal acetylenes is 1. The average molecular weight is 299 g/mol. The Morgan fingerprint density at radius 2 is 2.21 bits per heavy atom. The Morgan fingerprint density at radius 3 is 2.79 bits per heavy atom. The van der Waals surface area contributed by atoms with E-state index >= 15 is 0 Å². The van der Waals surface area contributed by atoms with Crippen LogP contribution in [0.1, 0.15) is 5.56 Å². The normalized spacial score (nSPS) is 11.5. The highest BCUT2D eigenvalue weighted by atomic mass is 127. The molecule has 0 aliphatic heterocycles. The summed E-state index contributed by atoms with van der Waals surface area (Å²) in [4.78, 5) is 11.4. The number of amides is 1. The first kappa shape index (κ1) is 11.1. The number of hydrogen-bond acceptors (Lipinski definition) is 1. The third-order valence-electron chi connectivity index (χ3n) is 1.78. The molecule has 0 saturated carbocycles. The second kappa shape index (κ2) is 5.01. The molecule has 0 aromatic heterocycles. The van der Waals surface area contributed by atoms with Crippen molar-refractivity contribution in [3.8, 4) is 12.3 Å². The number of rotatable bonds is 2. The predicted octanol–water partition coefficient (Wildman–Crippen LogP) is 2.37. The molecule has 1 aromatic carbocycles. The van der Waals surface area contributed by atoms with Gasteiger partial charge in [-0.05, 0) is 18.6 Å². The summed E-state index contributed by atoms with van der Waals surface area (Å²) in [5.74, 6) is 2.23. The first-order valence-corrected chi connectivity index (χ1v) is 5.36. The van der Waals surface area contributed by atoms with Crippen LogP contribution in [0, 0.1) is 19.3 Å². The van der Waals surface area contributed by atoms with Crippen molar-refractivity contribution in [2.24, 2.45) is 0 Å². The van der Waals surface area contributed by atoms with Crippen LogP contribution in [0.25, 0.3) is 0 Å². The smallest absolute Gasteiger partial charge is 0.249 e. The van der Waals surface area contributed by atoms with Crippen molar-refractivity contribution in [3.05, 3.63) is 29.8 Å². The van der Waals surface area contributed by atoms with Gasteiger partial charge in [-0.3, -0.25) is 4.79 Å². The first-order valence-electron chi connectivity index (χ1n) is 4.12. The minimum Gasteiger partial charge on any atom is -0.324 e. The van der Waals surface area contributed by atoms with Crippen molar-refractivity contribution in [1.82, 2.24) is 0 Å². The summed E-state index contributed by atoms with van der Waals surface area (Å²) in [7, 11) is 0. The monoisotopic (exact) mass is 299 g/mol. The van der Waals surface area contributed by atoms with Crippen LogP contribution in [0.4, 0.5) is 5.69 Å². The van der Waals surface area contributed by atoms with Crippen molar-refractivity contribution in [3.63, 3.8) is 0 Å². The van der Waals surface area contributed by atoms with E-state index in [1.165, 1.54) is 0 Å². The average Bonchev–Trinajstić information content (AvgIpc) is 2.20. The number of hydrogen-bond donors (Lipinski definition) is 1. The maximum Gasteiger partial charge on any atom is 0.249 e. The Bertz CT molecular complexity index is 381. The van der Waals surface area contributed by atoms with Crippen LogP contribution in [0.5, 0.6) is 0 Å². The maximum atomic E-state index is 11.4. The van der Waals surface area contributed by atoms with Gasteiger partial charge in [0.1, 0.15) is 0 Å². The molecule has 14 heavy (non-hydrogen) atoms. The van der Waals surface area contributed by atoms with E-state index in [4.69, 9.17) is 6.42 Å². The van der Waals surface area contributed by atoms with Gasteiger partial charge in [-0.2, -0.15) is 0 Å². The van der Waals surface area contributed by atoms with E-state index in [9.17, 15) is 4.79 Å². The molecule has 0 aliphatic carbocycles. The molecular weight excluding hydrogens is 289 g/mol. The third kappa shape index (κ3) is 2.74. The van der Waals surface area contributed by atoms with E-state index in [0.29, 0.717) is 0 Å². The molecule has 1 amide bonds. The molecule has 1 N–H and O–H groups in total.